The molecule has 0 fully saturated rings. The molecule has 0 amide bonds. The highest BCUT2D eigenvalue weighted by atomic mass is 16.5. The Hall–Kier alpha value is -2.68. The van der Waals surface area contributed by atoms with Gasteiger partial charge in [-0.15, -0.1) is 0 Å². The molecule has 0 heterocycles. The van der Waals surface area contributed by atoms with Crippen LogP contribution in [0.15, 0.2) is 60.7 Å². The Balaban J connectivity index is 2.21. The average molecular weight is 266 g/mol. The normalized spacial score (nSPS) is 10.4. The molecule has 0 aliphatic carbocycles. The zero-order valence-electron chi connectivity index (χ0n) is 11.1. The molecule has 0 bridgehead atoms. The highest BCUT2D eigenvalue weighted by Crippen LogP contribution is 2.19. The van der Waals surface area contributed by atoms with Crippen molar-refractivity contribution in [3.05, 3.63) is 71.8 Å². The number of rotatable bonds is 4. The maximum Gasteiger partial charge on any atom is 0.308 e. The number of hydrogen-bond acceptors (Lipinski definition) is 3. The van der Waals surface area contributed by atoms with Crippen molar-refractivity contribution in [3.8, 4) is 5.75 Å². The minimum Gasteiger partial charge on any atom is -0.426 e. The standard InChI is InChI=1S/C17H14O3/c1-13(18)20-17-10-6-5-9-15(17)16(19)12-11-14-7-3-2-4-8-14/h2-12H,1H3/b12-11-. The monoisotopic (exact) mass is 266 g/mol. The third-order valence-corrected chi connectivity index (χ3v) is 2.63. The molecule has 0 unspecified atom stereocenters. The summed E-state index contributed by atoms with van der Waals surface area (Å²) in [7, 11) is 0. The summed E-state index contributed by atoms with van der Waals surface area (Å²) in [5, 5.41) is 0. The lowest BCUT2D eigenvalue weighted by atomic mass is 10.1. The van der Waals surface area contributed by atoms with Gasteiger partial charge in [0.05, 0.1) is 5.56 Å². The van der Waals surface area contributed by atoms with E-state index in [9.17, 15) is 9.59 Å². The fourth-order valence-corrected chi connectivity index (χ4v) is 1.74. The Labute approximate surface area is 117 Å². The summed E-state index contributed by atoms with van der Waals surface area (Å²) < 4.78 is 5.02. The van der Waals surface area contributed by atoms with E-state index in [1.165, 1.54) is 13.0 Å². The largest absolute Gasteiger partial charge is 0.426 e. The molecule has 0 radical (unpaired) electrons. The summed E-state index contributed by atoms with van der Waals surface area (Å²) in [5.41, 5.74) is 1.31. The van der Waals surface area contributed by atoms with Crippen LogP contribution in [-0.4, -0.2) is 11.8 Å². The molecular weight excluding hydrogens is 252 g/mol. The predicted molar refractivity (Wildman–Crippen MR) is 77.6 cm³/mol. The van der Waals surface area contributed by atoms with Crippen molar-refractivity contribution in [2.24, 2.45) is 0 Å². The van der Waals surface area contributed by atoms with Gasteiger partial charge in [-0.25, -0.2) is 0 Å². The number of para-hydroxylation sites is 1. The summed E-state index contributed by atoms with van der Waals surface area (Å²) in [6.45, 7) is 1.31. The van der Waals surface area contributed by atoms with Crippen molar-refractivity contribution in [3.63, 3.8) is 0 Å². The number of hydrogen-bond donors (Lipinski definition) is 0. The minimum absolute atomic E-state index is 0.203. The lowest BCUT2D eigenvalue weighted by Gasteiger charge is -2.05. The molecule has 0 atom stereocenters. The Morgan fingerprint density at radius 2 is 1.60 bits per heavy atom. The van der Waals surface area contributed by atoms with Crippen LogP contribution in [0.25, 0.3) is 6.08 Å². The van der Waals surface area contributed by atoms with Crippen LogP contribution in [0.1, 0.15) is 22.8 Å². The quantitative estimate of drug-likeness (QED) is 0.368. The van der Waals surface area contributed by atoms with Gasteiger partial charge in [0.25, 0.3) is 0 Å². The first kappa shape index (κ1) is 13.7. The molecule has 20 heavy (non-hydrogen) atoms. The highest BCUT2D eigenvalue weighted by Gasteiger charge is 2.10. The smallest absolute Gasteiger partial charge is 0.308 e. The van der Waals surface area contributed by atoms with E-state index in [0.29, 0.717) is 5.56 Å². The van der Waals surface area contributed by atoms with Crippen LogP contribution < -0.4 is 4.74 Å². The van der Waals surface area contributed by atoms with Gasteiger partial charge in [-0.3, -0.25) is 9.59 Å². The number of esters is 1. The van der Waals surface area contributed by atoms with E-state index >= 15 is 0 Å². The molecule has 2 aromatic carbocycles. The second-order valence-corrected chi connectivity index (χ2v) is 4.20. The first-order valence-corrected chi connectivity index (χ1v) is 6.22. The SMILES string of the molecule is CC(=O)Oc1ccccc1C(=O)/C=C\c1ccccc1. The molecule has 3 nitrogen and oxygen atoms in total. The van der Waals surface area contributed by atoms with Gasteiger partial charge in [-0.1, -0.05) is 48.5 Å². The fourth-order valence-electron chi connectivity index (χ4n) is 1.74. The van der Waals surface area contributed by atoms with Gasteiger partial charge in [-0.2, -0.15) is 0 Å². The predicted octanol–water partition coefficient (Wildman–Crippen LogP) is 3.51. The van der Waals surface area contributed by atoms with E-state index in [-0.39, 0.29) is 11.5 Å². The Morgan fingerprint density at radius 3 is 2.30 bits per heavy atom. The van der Waals surface area contributed by atoms with Gasteiger partial charge in [-0.05, 0) is 23.8 Å². The molecule has 0 aliphatic rings. The van der Waals surface area contributed by atoms with E-state index in [1.54, 1.807) is 30.3 Å². The summed E-state index contributed by atoms with van der Waals surface area (Å²) >= 11 is 0. The van der Waals surface area contributed by atoms with E-state index in [1.807, 2.05) is 30.3 Å². The molecule has 0 N–H and O–H groups in total. The first-order valence-electron chi connectivity index (χ1n) is 6.22. The van der Waals surface area contributed by atoms with E-state index < -0.39 is 5.97 Å². The highest BCUT2D eigenvalue weighted by molar-refractivity contribution is 6.08. The average Bonchev–Trinajstić information content (AvgIpc) is 2.46. The molecule has 0 spiro atoms. The van der Waals surface area contributed by atoms with E-state index in [2.05, 4.69) is 0 Å². The van der Waals surface area contributed by atoms with Crippen LogP contribution in [0.4, 0.5) is 0 Å². The molecule has 2 rings (SSSR count). The van der Waals surface area contributed by atoms with Crippen molar-refractivity contribution in [2.75, 3.05) is 0 Å². The molecule has 2 aromatic rings. The van der Waals surface area contributed by atoms with Gasteiger partial charge < -0.3 is 4.74 Å². The molecule has 0 aliphatic heterocycles. The molecule has 3 heteroatoms. The molecular formula is C17H14O3. The second-order valence-electron chi connectivity index (χ2n) is 4.20. The Morgan fingerprint density at radius 1 is 0.950 bits per heavy atom. The molecule has 0 aromatic heterocycles. The lowest BCUT2D eigenvalue weighted by molar-refractivity contribution is -0.131. The number of carbonyl (C=O) groups excluding carboxylic acids is 2. The zero-order valence-corrected chi connectivity index (χ0v) is 11.1. The van der Waals surface area contributed by atoms with Gasteiger partial charge >= 0.3 is 5.97 Å². The van der Waals surface area contributed by atoms with E-state index in [0.717, 1.165) is 5.56 Å². The first-order chi connectivity index (χ1) is 9.66. The number of benzene rings is 2. The van der Waals surface area contributed by atoms with Gasteiger partial charge in [0.1, 0.15) is 5.75 Å². The summed E-state index contributed by atoms with van der Waals surface area (Å²) in [6, 6.07) is 16.2. The van der Waals surface area contributed by atoms with E-state index in [4.69, 9.17) is 4.74 Å². The van der Waals surface area contributed by atoms with Crippen molar-refractivity contribution in [1.82, 2.24) is 0 Å². The van der Waals surface area contributed by atoms with Crippen molar-refractivity contribution in [1.29, 1.82) is 0 Å². The van der Waals surface area contributed by atoms with Crippen LogP contribution >= 0.6 is 0 Å². The van der Waals surface area contributed by atoms with Crippen molar-refractivity contribution < 1.29 is 14.3 Å². The van der Waals surface area contributed by atoms with Gasteiger partial charge in [0.2, 0.25) is 0 Å². The summed E-state index contributed by atoms with van der Waals surface area (Å²) in [6.07, 6.45) is 3.20. The Bertz CT molecular complexity index is 642. The number of ether oxygens (including phenoxy) is 1. The second kappa shape index (κ2) is 6.48. The van der Waals surface area contributed by atoms with Crippen LogP contribution in [0.5, 0.6) is 5.75 Å². The topological polar surface area (TPSA) is 43.4 Å². The fraction of sp³-hybridized carbons (Fsp3) is 0.0588. The minimum atomic E-state index is -0.447. The third kappa shape index (κ3) is 3.65. The van der Waals surface area contributed by atoms with Gasteiger partial charge in [0.15, 0.2) is 5.78 Å². The van der Waals surface area contributed by atoms with Crippen molar-refractivity contribution in [2.45, 2.75) is 6.92 Å². The number of ketones is 1. The zero-order chi connectivity index (χ0) is 14.4. The lowest BCUT2D eigenvalue weighted by Crippen LogP contribution is -2.06. The Kier molecular flexibility index (Phi) is 4.45. The van der Waals surface area contributed by atoms with Crippen LogP contribution in [0.2, 0.25) is 0 Å². The summed E-state index contributed by atoms with van der Waals surface area (Å²) in [5.74, 6) is -0.370. The van der Waals surface area contributed by atoms with Crippen LogP contribution in [-0.2, 0) is 4.79 Å². The van der Waals surface area contributed by atoms with Crippen LogP contribution in [0, 0.1) is 0 Å². The number of allylic oxidation sites excluding steroid dienone is 1. The van der Waals surface area contributed by atoms with Gasteiger partial charge in [0, 0.05) is 6.92 Å². The summed E-state index contributed by atoms with van der Waals surface area (Å²) in [4.78, 5) is 23.2. The van der Waals surface area contributed by atoms with Crippen LogP contribution in [0.3, 0.4) is 0 Å². The molecule has 0 saturated carbocycles. The molecule has 0 saturated heterocycles. The third-order valence-electron chi connectivity index (χ3n) is 2.63. The number of carbonyl (C=O) groups is 2. The van der Waals surface area contributed by atoms with Crippen molar-refractivity contribution >= 4 is 17.8 Å². The maximum absolute atomic E-state index is 12.1. The molecule has 100 valence electrons. The maximum atomic E-state index is 12.1.